The van der Waals surface area contributed by atoms with Crippen molar-refractivity contribution in [3.05, 3.63) is 12.3 Å². The van der Waals surface area contributed by atoms with Crippen LogP contribution in [0.2, 0.25) is 0 Å². The van der Waals surface area contributed by atoms with Crippen LogP contribution in [-0.2, 0) is 17.6 Å². The second kappa shape index (κ2) is 2.94. The van der Waals surface area contributed by atoms with Gasteiger partial charge in [0.2, 0.25) is 0 Å². The zero-order valence-electron chi connectivity index (χ0n) is 5.48. The third kappa shape index (κ3) is 1.43. The predicted octanol–water partition coefficient (Wildman–Crippen LogP) is 0.141. The molecule has 0 N–H and O–H groups in total. The molecule has 0 aromatic carbocycles. The van der Waals surface area contributed by atoms with Crippen molar-refractivity contribution in [2.45, 2.75) is 18.5 Å². The zero-order chi connectivity index (χ0) is 7.56. The summed E-state index contributed by atoms with van der Waals surface area (Å²) in [6.45, 7) is 2.59. The van der Waals surface area contributed by atoms with Crippen molar-refractivity contribution in [3.63, 3.8) is 0 Å². The molecular formula is C5H7N2O2S-. The second-order valence-electron chi connectivity index (χ2n) is 1.74. The summed E-state index contributed by atoms with van der Waals surface area (Å²) >= 11 is -2.19. The maximum Gasteiger partial charge on any atom is 0.135 e. The van der Waals surface area contributed by atoms with E-state index < -0.39 is 11.1 Å². The van der Waals surface area contributed by atoms with Crippen LogP contribution >= 0.6 is 0 Å². The standard InChI is InChI=1S/C5H8N2O2S/c1-2-7-4-3-5(6-7)10(8)9/h3-4H,2H2,1H3,(H,8,9)/p-1. The molecule has 5 heteroatoms. The Morgan fingerprint density at radius 2 is 2.60 bits per heavy atom. The molecule has 1 aromatic heterocycles. The summed E-state index contributed by atoms with van der Waals surface area (Å²) in [5, 5.41) is 3.83. The van der Waals surface area contributed by atoms with Crippen LogP contribution in [0.1, 0.15) is 6.92 Å². The van der Waals surface area contributed by atoms with Crippen molar-refractivity contribution >= 4 is 11.1 Å². The highest BCUT2D eigenvalue weighted by atomic mass is 32.2. The number of hydrogen-bond donors (Lipinski definition) is 0. The van der Waals surface area contributed by atoms with Crippen molar-refractivity contribution in [1.82, 2.24) is 9.78 Å². The van der Waals surface area contributed by atoms with Crippen LogP contribution < -0.4 is 0 Å². The maximum absolute atomic E-state index is 10.3. The molecule has 0 bridgehead atoms. The SMILES string of the molecule is CCn1ccc(S(=O)[O-])n1. The van der Waals surface area contributed by atoms with Crippen LogP contribution in [0.4, 0.5) is 0 Å². The Kier molecular flexibility index (Phi) is 2.18. The van der Waals surface area contributed by atoms with Crippen molar-refractivity contribution in [1.29, 1.82) is 0 Å². The molecule has 0 saturated heterocycles. The molecule has 1 aromatic rings. The maximum atomic E-state index is 10.3. The second-order valence-corrected chi connectivity index (χ2v) is 2.63. The van der Waals surface area contributed by atoms with Gasteiger partial charge in [0.05, 0.1) is 0 Å². The fraction of sp³-hybridized carbons (Fsp3) is 0.400. The van der Waals surface area contributed by atoms with E-state index in [1.165, 1.54) is 6.07 Å². The van der Waals surface area contributed by atoms with Crippen LogP contribution in [0.5, 0.6) is 0 Å². The number of aromatic nitrogens is 2. The molecule has 56 valence electrons. The van der Waals surface area contributed by atoms with E-state index in [4.69, 9.17) is 0 Å². The molecule has 0 radical (unpaired) electrons. The molecule has 0 aliphatic rings. The zero-order valence-corrected chi connectivity index (χ0v) is 6.30. The lowest BCUT2D eigenvalue weighted by Gasteiger charge is -1.97. The monoisotopic (exact) mass is 159 g/mol. The van der Waals surface area contributed by atoms with Gasteiger partial charge in [0.15, 0.2) is 0 Å². The molecule has 1 rings (SSSR count). The summed E-state index contributed by atoms with van der Waals surface area (Å²) < 4.78 is 22.1. The molecule has 0 aliphatic heterocycles. The Labute approximate surface area is 61.1 Å². The van der Waals surface area contributed by atoms with E-state index in [9.17, 15) is 8.76 Å². The molecular weight excluding hydrogens is 152 g/mol. The summed E-state index contributed by atoms with van der Waals surface area (Å²) in [6.07, 6.45) is 1.63. The highest BCUT2D eigenvalue weighted by Crippen LogP contribution is 1.98. The first kappa shape index (κ1) is 7.43. The molecule has 0 spiro atoms. The van der Waals surface area contributed by atoms with Crippen LogP contribution in [0.15, 0.2) is 17.3 Å². The van der Waals surface area contributed by atoms with E-state index in [1.54, 1.807) is 10.9 Å². The number of hydrogen-bond acceptors (Lipinski definition) is 3. The van der Waals surface area contributed by atoms with Gasteiger partial charge in [-0.2, -0.15) is 5.10 Å². The molecule has 1 unspecified atom stereocenters. The minimum absolute atomic E-state index is 0.0989. The summed E-state index contributed by atoms with van der Waals surface area (Å²) in [7, 11) is 0. The lowest BCUT2D eigenvalue weighted by atomic mass is 10.7. The summed E-state index contributed by atoms with van der Waals surface area (Å²) in [5.74, 6) is 0. The molecule has 1 atom stereocenters. The number of nitrogens with zero attached hydrogens (tertiary/aromatic N) is 2. The van der Waals surface area contributed by atoms with Crippen molar-refractivity contribution in [3.8, 4) is 0 Å². The van der Waals surface area contributed by atoms with Gasteiger partial charge in [-0.3, -0.25) is 8.89 Å². The molecule has 0 amide bonds. The van der Waals surface area contributed by atoms with E-state index in [1.807, 2.05) is 6.92 Å². The molecule has 0 aliphatic carbocycles. The first-order chi connectivity index (χ1) is 4.74. The van der Waals surface area contributed by atoms with E-state index in [0.29, 0.717) is 6.54 Å². The van der Waals surface area contributed by atoms with Gasteiger partial charge in [0, 0.05) is 12.7 Å². The van der Waals surface area contributed by atoms with Gasteiger partial charge in [-0.05, 0) is 24.1 Å². The molecule has 0 saturated carbocycles. The van der Waals surface area contributed by atoms with Crippen molar-refractivity contribution < 1.29 is 8.76 Å². The first-order valence-corrected chi connectivity index (χ1v) is 3.94. The Morgan fingerprint density at radius 1 is 1.90 bits per heavy atom. The molecule has 10 heavy (non-hydrogen) atoms. The summed E-state index contributed by atoms with van der Waals surface area (Å²) in [5.41, 5.74) is 0. The van der Waals surface area contributed by atoms with E-state index in [0.717, 1.165) is 0 Å². The average Bonchev–Trinajstić information content (AvgIpc) is 2.34. The van der Waals surface area contributed by atoms with Gasteiger partial charge in [0.1, 0.15) is 5.03 Å². The normalized spacial score (nSPS) is 13.4. The minimum Gasteiger partial charge on any atom is -0.767 e. The fourth-order valence-corrected chi connectivity index (χ4v) is 0.952. The largest absolute Gasteiger partial charge is 0.767 e. The van der Waals surface area contributed by atoms with Crippen LogP contribution in [-0.4, -0.2) is 18.5 Å². The topological polar surface area (TPSA) is 58.0 Å². The molecule has 1 heterocycles. The van der Waals surface area contributed by atoms with Gasteiger partial charge in [-0.15, -0.1) is 0 Å². The lowest BCUT2D eigenvalue weighted by molar-refractivity contribution is 0.528. The van der Waals surface area contributed by atoms with Crippen LogP contribution in [0.25, 0.3) is 0 Å². The molecule has 0 fully saturated rings. The third-order valence-corrected chi connectivity index (χ3v) is 1.67. The van der Waals surface area contributed by atoms with E-state index in [2.05, 4.69) is 5.10 Å². The van der Waals surface area contributed by atoms with Gasteiger partial charge >= 0.3 is 0 Å². The van der Waals surface area contributed by atoms with E-state index >= 15 is 0 Å². The Bertz CT molecular complexity index is 246. The highest BCUT2D eigenvalue weighted by molar-refractivity contribution is 7.79. The quantitative estimate of drug-likeness (QED) is 0.577. The Hall–Kier alpha value is -0.680. The van der Waals surface area contributed by atoms with Crippen molar-refractivity contribution in [2.75, 3.05) is 0 Å². The van der Waals surface area contributed by atoms with Gasteiger partial charge in [-0.1, -0.05) is 0 Å². The average molecular weight is 159 g/mol. The van der Waals surface area contributed by atoms with Crippen molar-refractivity contribution in [2.24, 2.45) is 0 Å². The number of aryl methyl sites for hydroxylation is 1. The van der Waals surface area contributed by atoms with Crippen LogP contribution in [0, 0.1) is 0 Å². The van der Waals surface area contributed by atoms with Crippen LogP contribution in [0.3, 0.4) is 0 Å². The highest BCUT2D eigenvalue weighted by Gasteiger charge is 1.94. The predicted molar refractivity (Wildman–Crippen MR) is 35.1 cm³/mol. The molecule has 4 nitrogen and oxygen atoms in total. The first-order valence-electron chi connectivity index (χ1n) is 2.86. The third-order valence-electron chi connectivity index (χ3n) is 1.11. The van der Waals surface area contributed by atoms with Gasteiger partial charge < -0.3 is 4.55 Å². The van der Waals surface area contributed by atoms with Gasteiger partial charge in [0.25, 0.3) is 0 Å². The number of rotatable bonds is 2. The fourth-order valence-electron chi connectivity index (χ4n) is 0.608. The van der Waals surface area contributed by atoms with Gasteiger partial charge in [-0.25, -0.2) is 0 Å². The summed E-state index contributed by atoms with van der Waals surface area (Å²) in [4.78, 5) is 0. The smallest absolute Gasteiger partial charge is 0.135 e. The lowest BCUT2D eigenvalue weighted by Crippen LogP contribution is -1.96. The minimum atomic E-state index is -2.19. The van der Waals surface area contributed by atoms with E-state index in [-0.39, 0.29) is 5.03 Å². The Morgan fingerprint density at radius 3 is 2.90 bits per heavy atom. The Balaban J connectivity index is 2.88. The summed E-state index contributed by atoms with van der Waals surface area (Å²) in [6, 6.07) is 1.46.